The number of esters is 3. The van der Waals surface area contributed by atoms with Crippen molar-refractivity contribution >= 4 is 17.9 Å². The number of carbonyl (C=O) groups excluding carboxylic acids is 3. The molecule has 0 saturated carbocycles. The van der Waals surface area contributed by atoms with E-state index in [1.165, 1.54) is 122 Å². The van der Waals surface area contributed by atoms with E-state index in [1.807, 2.05) is 0 Å². The van der Waals surface area contributed by atoms with Crippen molar-refractivity contribution in [3.05, 3.63) is 85.1 Å². The molecule has 1 atom stereocenters. The number of hydrogen-bond acceptors (Lipinski definition) is 6. The first-order valence-corrected chi connectivity index (χ1v) is 29.6. The Bertz CT molecular complexity index is 1350. The lowest BCUT2D eigenvalue weighted by Gasteiger charge is -2.18. The van der Waals surface area contributed by atoms with Crippen LogP contribution in [-0.4, -0.2) is 37.2 Å². The first-order valence-electron chi connectivity index (χ1n) is 29.6. The van der Waals surface area contributed by atoms with Gasteiger partial charge in [-0.05, 0) is 96.3 Å². The van der Waals surface area contributed by atoms with E-state index in [1.54, 1.807) is 0 Å². The highest BCUT2D eigenvalue weighted by molar-refractivity contribution is 5.71. The van der Waals surface area contributed by atoms with E-state index in [4.69, 9.17) is 14.2 Å². The van der Waals surface area contributed by atoms with Gasteiger partial charge in [-0.3, -0.25) is 14.4 Å². The van der Waals surface area contributed by atoms with Crippen molar-refractivity contribution in [3.8, 4) is 0 Å². The zero-order valence-corrected chi connectivity index (χ0v) is 46.0. The lowest BCUT2D eigenvalue weighted by atomic mass is 10.0. The van der Waals surface area contributed by atoms with Crippen molar-refractivity contribution in [1.82, 2.24) is 0 Å². The summed E-state index contributed by atoms with van der Waals surface area (Å²) in [5.74, 6) is -0.912. The number of ether oxygens (including phenoxy) is 3. The zero-order valence-electron chi connectivity index (χ0n) is 46.0. The van der Waals surface area contributed by atoms with E-state index in [0.29, 0.717) is 19.3 Å². The molecule has 0 aromatic carbocycles. The Morgan fingerprint density at radius 2 is 0.557 bits per heavy atom. The Hall–Kier alpha value is -3.41. The maximum absolute atomic E-state index is 12.9. The van der Waals surface area contributed by atoms with E-state index >= 15 is 0 Å². The van der Waals surface area contributed by atoms with Gasteiger partial charge in [0.15, 0.2) is 6.10 Å². The van der Waals surface area contributed by atoms with Crippen LogP contribution in [0, 0.1) is 0 Å². The van der Waals surface area contributed by atoms with Crippen LogP contribution in [0.15, 0.2) is 85.1 Å². The van der Waals surface area contributed by atoms with Crippen molar-refractivity contribution < 1.29 is 28.6 Å². The average molecular weight is 976 g/mol. The van der Waals surface area contributed by atoms with Crippen molar-refractivity contribution in [1.29, 1.82) is 0 Å². The quantitative estimate of drug-likeness (QED) is 0.0261. The molecule has 0 aromatic rings. The predicted octanol–water partition coefficient (Wildman–Crippen LogP) is 19.9. The molecule has 0 N–H and O–H groups in total. The minimum atomic E-state index is -0.790. The van der Waals surface area contributed by atoms with Gasteiger partial charge < -0.3 is 14.2 Å². The van der Waals surface area contributed by atoms with Gasteiger partial charge in [0.2, 0.25) is 0 Å². The maximum atomic E-state index is 12.9. The van der Waals surface area contributed by atoms with Gasteiger partial charge >= 0.3 is 17.9 Å². The first kappa shape index (κ1) is 66.6. The summed E-state index contributed by atoms with van der Waals surface area (Å²) in [7, 11) is 0. The molecule has 1 unspecified atom stereocenters. The lowest BCUT2D eigenvalue weighted by molar-refractivity contribution is -0.167. The Labute approximate surface area is 433 Å². The molecule has 0 rings (SSSR count). The molecule has 70 heavy (non-hydrogen) atoms. The number of unbranched alkanes of at least 4 members (excludes halogenated alkanes) is 28. The van der Waals surface area contributed by atoms with Crippen LogP contribution >= 0.6 is 0 Å². The van der Waals surface area contributed by atoms with Crippen molar-refractivity contribution in [3.63, 3.8) is 0 Å². The highest BCUT2D eigenvalue weighted by Gasteiger charge is 2.19. The summed E-state index contributed by atoms with van der Waals surface area (Å²) < 4.78 is 16.9. The van der Waals surface area contributed by atoms with E-state index in [2.05, 4.69) is 106 Å². The summed E-state index contributed by atoms with van der Waals surface area (Å²) in [6.45, 7) is 6.51. The van der Waals surface area contributed by atoms with Crippen LogP contribution in [0.2, 0.25) is 0 Å². The minimum absolute atomic E-state index is 0.0859. The molecule has 0 aromatic heterocycles. The third-order valence-electron chi connectivity index (χ3n) is 12.6. The number of carbonyl (C=O) groups is 3. The number of allylic oxidation sites excluding steroid dienone is 14. The van der Waals surface area contributed by atoms with Gasteiger partial charge in [-0.1, -0.05) is 254 Å². The van der Waals surface area contributed by atoms with Gasteiger partial charge in [0.05, 0.1) is 0 Å². The third-order valence-corrected chi connectivity index (χ3v) is 12.6. The molecule has 0 bridgehead atoms. The lowest BCUT2D eigenvalue weighted by Crippen LogP contribution is -2.30. The molecule has 6 heteroatoms. The summed E-state index contributed by atoms with van der Waals surface area (Å²) in [6, 6.07) is 0. The predicted molar refractivity (Wildman–Crippen MR) is 302 cm³/mol. The minimum Gasteiger partial charge on any atom is -0.462 e. The molecule has 0 aliphatic carbocycles. The van der Waals surface area contributed by atoms with E-state index in [9.17, 15) is 14.4 Å². The molecule has 0 aliphatic rings. The fourth-order valence-corrected chi connectivity index (χ4v) is 8.21. The molecule has 0 fully saturated rings. The summed E-state index contributed by atoms with van der Waals surface area (Å²) in [6.07, 6.45) is 75.7. The molecule has 0 aliphatic heterocycles. The molecule has 0 saturated heterocycles. The third kappa shape index (κ3) is 55.5. The second kappa shape index (κ2) is 58.2. The maximum Gasteiger partial charge on any atom is 0.306 e. The van der Waals surface area contributed by atoms with Crippen LogP contribution in [0.25, 0.3) is 0 Å². The Morgan fingerprint density at radius 3 is 0.886 bits per heavy atom. The molecule has 0 amide bonds. The SMILES string of the molecule is CC/C=C\C/C=C\C/C=C\C/C=C\C/C=C\C/C=C\CCCCCCC(=O)OCC(COC(=O)CCCCCCCCCCCCCCC)OC(=O)CCCCCCC/C=C\CCCCCCCCC. The Balaban J connectivity index is 4.41. The van der Waals surface area contributed by atoms with Gasteiger partial charge in [-0.25, -0.2) is 0 Å². The normalized spacial score (nSPS) is 12.7. The highest BCUT2D eigenvalue weighted by Crippen LogP contribution is 2.15. The highest BCUT2D eigenvalue weighted by atomic mass is 16.6. The number of rotatable bonds is 53. The number of hydrogen-bond donors (Lipinski definition) is 0. The fraction of sp³-hybridized carbons (Fsp3) is 0.734. The largest absolute Gasteiger partial charge is 0.462 e. The Morgan fingerprint density at radius 1 is 0.300 bits per heavy atom. The topological polar surface area (TPSA) is 78.9 Å². The second-order valence-electron chi connectivity index (χ2n) is 19.5. The van der Waals surface area contributed by atoms with Crippen LogP contribution in [0.4, 0.5) is 0 Å². The van der Waals surface area contributed by atoms with E-state index in [0.717, 1.165) is 122 Å². The molecule has 0 radical (unpaired) electrons. The average Bonchev–Trinajstić information content (AvgIpc) is 3.36. The summed E-state index contributed by atoms with van der Waals surface area (Å²) in [5.41, 5.74) is 0. The molecule has 0 heterocycles. The molecule has 0 spiro atoms. The van der Waals surface area contributed by atoms with Crippen molar-refractivity contribution in [2.75, 3.05) is 13.2 Å². The van der Waals surface area contributed by atoms with Gasteiger partial charge in [-0.15, -0.1) is 0 Å². The standard InChI is InChI=1S/C64H110O6/c1-4-7-10-13-16-19-22-25-27-29-30-31-32-33-34-35-37-39-42-45-48-51-54-57-63(66)69-60-61(59-68-62(65)56-53-50-47-44-41-38-24-21-18-15-12-9-6-3)70-64(67)58-55-52-49-46-43-40-36-28-26-23-20-17-14-11-8-5-2/h7,10,16,19,25,27-28,30-31,33-34,36-37,39,61H,4-6,8-9,11-15,17-18,20-24,26,29,32,35,38,40-60H2,1-3H3/b10-7-,19-16-,27-25-,31-30-,34-33-,36-28-,39-37-. The van der Waals surface area contributed by atoms with Gasteiger partial charge in [0.25, 0.3) is 0 Å². The van der Waals surface area contributed by atoms with Crippen LogP contribution in [0.1, 0.15) is 284 Å². The molecule has 6 nitrogen and oxygen atoms in total. The van der Waals surface area contributed by atoms with Gasteiger partial charge in [-0.2, -0.15) is 0 Å². The molecular formula is C64H110O6. The smallest absolute Gasteiger partial charge is 0.306 e. The first-order chi connectivity index (χ1) is 34.5. The zero-order chi connectivity index (χ0) is 50.7. The van der Waals surface area contributed by atoms with Gasteiger partial charge in [0, 0.05) is 19.3 Å². The van der Waals surface area contributed by atoms with Crippen LogP contribution in [0.3, 0.4) is 0 Å². The summed E-state index contributed by atoms with van der Waals surface area (Å²) in [4.78, 5) is 38.2. The van der Waals surface area contributed by atoms with Crippen molar-refractivity contribution in [2.45, 2.75) is 290 Å². The van der Waals surface area contributed by atoms with Crippen molar-refractivity contribution in [2.24, 2.45) is 0 Å². The Kier molecular flexibility index (Phi) is 55.3. The van der Waals surface area contributed by atoms with Crippen LogP contribution in [0.5, 0.6) is 0 Å². The van der Waals surface area contributed by atoms with E-state index < -0.39 is 6.10 Å². The van der Waals surface area contributed by atoms with Gasteiger partial charge in [0.1, 0.15) is 13.2 Å². The summed E-state index contributed by atoms with van der Waals surface area (Å²) in [5, 5.41) is 0. The van der Waals surface area contributed by atoms with E-state index in [-0.39, 0.29) is 31.1 Å². The second-order valence-corrected chi connectivity index (χ2v) is 19.5. The summed E-state index contributed by atoms with van der Waals surface area (Å²) >= 11 is 0. The monoisotopic (exact) mass is 975 g/mol. The molecule has 402 valence electrons. The van der Waals surface area contributed by atoms with Crippen LogP contribution in [-0.2, 0) is 28.6 Å². The molecular weight excluding hydrogens is 865 g/mol. The van der Waals surface area contributed by atoms with Crippen LogP contribution < -0.4 is 0 Å². The fourth-order valence-electron chi connectivity index (χ4n) is 8.21.